The summed E-state index contributed by atoms with van der Waals surface area (Å²) in [6.45, 7) is 2.51. The normalized spacial score (nSPS) is 12.8. The number of carbonyl (C=O) groups is 1. The molecule has 0 radical (unpaired) electrons. The molecule has 18 heavy (non-hydrogen) atoms. The fourth-order valence-electron chi connectivity index (χ4n) is 1.96. The summed E-state index contributed by atoms with van der Waals surface area (Å²) in [5.74, 6) is -0.701. The number of carboxylic acid groups (broad SMARTS) is 1. The number of carboxylic acids is 1. The van der Waals surface area contributed by atoms with Gasteiger partial charge in [0.2, 0.25) is 0 Å². The van der Waals surface area contributed by atoms with Crippen LogP contribution in [0.5, 0.6) is 0 Å². The zero-order chi connectivity index (χ0) is 13.3. The highest BCUT2D eigenvalue weighted by Crippen LogP contribution is 2.25. The van der Waals surface area contributed by atoms with Gasteiger partial charge in [0.05, 0.1) is 17.5 Å². The van der Waals surface area contributed by atoms with Gasteiger partial charge in [-0.1, -0.05) is 11.6 Å². The zero-order valence-electron chi connectivity index (χ0n) is 9.80. The van der Waals surface area contributed by atoms with Gasteiger partial charge in [0.15, 0.2) is 0 Å². The molecule has 6 heteroatoms. The van der Waals surface area contributed by atoms with Gasteiger partial charge in [0.25, 0.3) is 0 Å². The Labute approximate surface area is 109 Å². The number of nitrogens with zero attached hydrogens (tertiary/aromatic N) is 2. The smallest absolute Gasteiger partial charge is 0.306 e. The van der Waals surface area contributed by atoms with Crippen LogP contribution in [0.1, 0.15) is 25.3 Å². The van der Waals surface area contributed by atoms with Gasteiger partial charge in [-0.05, 0) is 25.1 Å². The number of aromatic nitrogens is 2. The lowest BCUT2D eigenvalue weighted by atomic mass is 10.2. The van der Waals surface area contributed by atoms with E-state index in [1.165, 1.54) is 0 Å². The minimum absolute atomic E-state index is 0.358. The highest BCUT2D eigenvalue weighted by atomic mass is 35.5. The lowest BCUT2D eigenvalue weighted by molar-refractivity contribution is -0.139. The molecule has 0 aliphatic rings. The third kappa shape index (κ3) is 2.32. The highest BCUT2D eigenvalue weighted by Gasteiger charge is 2.19. The van der Waals surface area contributed by atoms with Crippen molar-refractivity contribution in [3.8, 4) is 0 Å². The summed E-state index contributed by atoms with van der Waals surface area (Å²) in [5.41, 5.74) is 1.49. The van der Waals surface area contributed by atoms with E-state index in [1.807, 2.05) is 13.0 Å². The molecule has 0 amide bonds. The number of halogens is 1. The van der Waals surface area contributed by atoms with Crippen LogP contribution in [-0.4, -0.2) is 25.7 Å². The van der Waals surface area contributed by atoms with Gasteiger partial charge in [-0.3, -0.25) is 4.79 Å². The fraction of sp³-hybridized carbons (Fsp3) is 0.333. The molecule has 2 aromatic rings. The van der Waals surface area contributed by atoms with Crippen LogP contribution in [-0.2, 0) is 11.3 Å². The van der Waals surface area contributed by atoms with Gasteiger partial charge in [0, 0.05) is 11.6 Å². The Morgan fingerprint density at radius 2 is 2.28 bits per heavy atom. The second-order valence-corrected chi connectivity index (χ2v) is 4.40. The van der Waals surface area contributed by atoms with Crippen molar-refractivity contribution in [1.29, 1.82) is 0 Å². The quantitative estimate of drug-likeness (QED) is 0.891. The second kappa shape index (κ2) is 4.96. The molecule has 0 spiro atoms. The van der Waals surface area contributed by atoms with Gasteiger partial charge in [0.1, 0.15) is 11.9 Å². The molecule has 0 bridgehead atoms. The Morgan fingerprint density at radius 3 is 2.89 bits per heavy atom. The van der Waals surface area contributed by atoms with E-state index in [4.69, 9.17) is 16.7 Å². The Kier molecular flexibility index (Phi) is 3.54. The van der Waals surface area contributed by atoms with E-state index >= 15 is 0 Å². The van der Waals surface area contributed by atoms with E-state index in [1.54, 1.807) is 16.7 Å². The number of benzene rings is 1. The summed E-state index contributed by atoms with van der Waals surface area (Å²) < 4.78 is 1.79. The molecule has 0 unspecified atom stereocenters. The molecule has 1 heterocycles. The van der Waals surface area contributed by atoms with Gasteiger partial charge in [-0.25, -0.2) is 4.98 Å². The van der Waals surface area contributed by atoms with Crippen molar-refractivity contribution < 1.29 is 15.0 Å². The predicted molar refractivity (Wildman–Crippen MR) is 67.6 cm³/mol. The Hall–Kier alpha value is -1.59. The van der Waals surface area contributed by atoms with E-state index in [0.717, 1.165) is 5.52 Å². The monoisotopic (exact) mass is 268 g/mol. The molecule has 1 atom stereocenters. The van der Waals surface area contributed by atoms with Crippen molar-refractivity contribution in [3.63, 3.8) is 0 Å². The number of hydrogen-bond donors (Lipinski definition) is 2. The lowest BCUT2D eigenvalue weighted by Crippen LogP contribution is -2.11. The highest BCUT2D eigenvalue weighted by molar-refractivity contribution is 6.31. The van der Waals surface area contributed by atoms with Gasteiger partial charge in [-0.15, -0.1) is 0 Å². The molecule has 96 valence electrons. The molecular formula is C12H13ClN2O3. The first kappa shape index (κ1) is 12.9. The van der Waals surface area contributed by atoms with Gasteiger partial charge >= 0.3 is 5.97 Å². The summed E-state index contributed by atoms with van der Waals surface area (Å²) in [6, 6.07) is 5.25. The average Bonchev–Trinajstić information content (AvgIpc) is 2.65. The van der Waals surface area contributed by atoms with Crippen LogP contribution in [0, 0.1) is 0 Å². The van der Waals surface area contributed by atoms with Crippen LogP contribution in [0.3, 0.4) is 0 Å². The van der Waals surface area contributed by atoms with Crippen LogP contribution in [0.2, 0.25) is 5.02 Å². The minimum Gasteiger partial charge on any atom is -0.481 e. The summed E-state index contributed by atoms with van der Waals surface area (Å²) >= 11 is 5.88. The minimum atomic E-state index is -1.12. The predicted octanol–water partition coefficient (Wildman–Crippen LogP) is 2.22. The second-order valence-electron chi connectivity index (χ2n) is 3.96. The first-order valence-corrected chi connectivity index (χ1v) is 5.96. The zero-order valence-corrected chi connectivity index (χ0v) is 10.6. The van der Waals surface area contributed by atoms with E-state index in [-0.39, 0.29) is 6.42 Å². The Balaban J connectivity index is 2.52. The molecule has 1 aromatic carbocycles. The van der Waals surface area contributed by atoms with Crippen LogP contribution >= 0.6 is 11.6 Å². The average molecular weight is 269 g/mol. The first-order chi connectivity index (χ1) is 8.52. The molecule has 0 aliphatic carbocycles. The number of hydrogen-bond acceptors (Lipinski definition) is 3. The molecular weight excluding hydrogens is 256 g/mol. The van der Waals surface area contributed by atoms with Crippen molar-refractivity contribution in [2.24, 2.45) is 0 Å². The maximum absolute atomic E-state index is 10.6. The number of rotatable bonds is 4. The summed E-state index contributed by atoms with van der Waals surface area (Å²) in [4.78, 5) is 14.9. The maximum atomic E-state index is 10.6. The SMILES string of the molecule is CCn1c([C@H](O)CC(=O)O)nc2cc(Cl)ccc21. The summed E-state index contributed by atoms with van der Waals surface area (Å²) in [7, 11) is 0. The van der Waals surface area contributed by atoms with Crippen molar-refractivity contribution in [2.45, 2.75) is 26.0 Å². The van der Waals surface area contributed by atoms with Crippen molar-refractivity contribution in [2.75, 3.05) is 0 Å². The first-order valence-electron chi connectivity index (χ1n) is 5.58. The summed E-state index contributed by atoms with van der Waals surface area (Å²) in [5, 5.41) is 19.1. The molecule has 0 saturated carbocycles. The van der Waals surface area contributed by atoms with Crippen molar-refractivity contribution >= 4 is 28.6 Å². The van der Waals surface area contributed by atoms with E-state index in [2.05, 4.69) is 4.98 Å². The molecule has 1 aromatic heterocycles. The van der Waals surface area contributed by atoms with Crippen LogP contribution in [0.25, 0.3) is 11.0 Å². The maximum Gasteiger partial charge on any atom is 0.306 e. The fourth-order valence-corrected chi connectivity index (χ4v) is 2.13. The number of aliphatic carboxylic acids is 1. The molecule has 2 rings (SSSR count). The van der Waals surface area contributed by atoms with Crippen LogP contribution in [0.15, 0.2) is 18.2 Å². The van der Waals surface area contributed by atoms with Crippen LogP contribution < -0.4 is 0 Å². The van der Waals surface area contributed by atoms with E-state index in [0.29, 0.717) is 22.9 Å². The van der Waals surface area contributed by atoms with Crippen molar-refractivity contribution in [1.82, 2.24) is 9.55 Å². The number of imidazole rings is 1. The molecule has 5 nitrogen and oxygen atoms in total. The van der Waals surface area contributed by atoms with Gasteiger partial charge in [-0.2, -0.15) is 0 Å². The standard InChI is InChI=1S/C12H13ClN2O3/c1-2-15-9-4-3-7(13)5-8(9)14-12(15)10(16)6-11(17)18/h3-5,10,16H,2,6H2,1H3,(H,17,18)/t10-/m1/s1. The molecule has 2 N–H and O–H groups in total. The molecule has 0 saturated heterocycles. The Morgan fingerprint density at radius 1 is 1.56 bits per heavy atom. The Bertz CT molecular complexity index is 594. The number of fused-ring (bicyclic) bond motifs is 1. The topological polar surface area (TPSA) is 75.4 Å². The van der Waals surface area contributed by atoms with E-state index < -0.39 is 12.1 Å². The largest absolute Gasteiger partial charge is 0.481 e. The number of aliphatic hydroxyl groups excluding tert-OH is 1. The van der Waals surface area contributed by atoms with Crippen molar-refractivity contribution in [3.05, 3.63) is 29.0 Å². The third-order valence-corrected chi connectivity index (χ3v) is 2.96. The van der Waals surface area contributed by atoms with Crippen LogP contribution in [0.4, 0.5) is 0 Å². The van der Waals surface area contributed by atoms with E-state index in [9.17, 15) is 9.90 Å². The lowest BCUT2D eigenvalue weighted by Gasteiger charge is -2.10. The third-order valence-electron chi connectivity index (χ3n) is 2.72. The number of aliphatic hydroxyl groups is 1. The summed E-state index contributed by atoms with van der Waals surface area (Å²) in [6.07, 6.45) is -1.48. The molecule has 0 aliphatic heterocycles. The van der Waals surface area contributed by atoms with Gasteiger partial charge < -0.3 is 14.8 Å². The molecule has 0 fully saturated rings. The number of aryl methyl sites for hydroxylation is 1.